The minimum atomic E-state index is 0.322. The van der Waals surface area contributed by atoms with Crippen molar-refractivity contribution in [2.45, 2.75) is 27.7 Å². The summed E-state index contributed by atoms with van der Waals surface area (Å²) in [5.41, 5.74) is 2.12. The molecule has 0 aromatic heterocycles. The van der Waals surface area contributed by atoms with Gasteiger partial charge in [0.25, 0.3) is 0 Å². The molecule has 0 aliphatic heterocycles. The van der Waals surface area contributed by atoms with E-state index in [2.05, 4.69) is 39.8 Å². The molecular formula is C12H19N. The predicted octanol–water partition coefficient (Wildman–Crippen LogP) is 3.43. The van der Waals surface area contributed by atoms with Gasteiger partial charge in [-0.2, -0.15) is 0 Å². The maximum Gasteiger partial charge on any atom is 0.0385 e. The Hall–Kier alpha value is -0.850. The molecular weight excluding hydrogens is 158 g/mol. The van der Waals surface area contributed by atoms with E-state index in [1.54, 1.807) is 0 Å². The Labute approximate surface area is 81.1 Å². The van der Waals surface area contributed by atoms with Gasteiger partial charge in [0.1, 0.15) is 0 Å². The third-order valence-corrected chi connectivity index (χ3v) is 2.57. The SMILES string of the molecule is CC(C)C1=CC(C(C)C)C(=N)C=C1. The zero-order valence-electron chi connectivity index (χ0n) is 8.96. The Balaban J connectivity index is 2.87. The first-order valence-corrected chi connectivity index (χ1v) is 5.00. The molecule has 1 N–H and O–H groups in total. The first kappa shape index (κ1) is 10.2. The first-order chi connectivity index (χ1) is 6.02. The van der Waals surface area contributed by atoms with Crippen LogP contribution in [0, 0.1) is 23.2 Å². The molecule has 0 spiro atoms. The van der Waals surface area contributed by atoms with E-state index in [0.29, 0.717) is 17.8 Å². The molecule has 0 heterocycles. The van der Waals surface area contributed by atoms with E-state index < -0.39 is 0 Å². The van der Waals surface area contributed by atoms with E-state index in [1.807, 2.05) is 6.08 Å². The van der Waals surface area contributed by atoms with E-state index in [-0.39, 0.29) is 0 Å². The monoisotopic (exact) mass is 177 g/mol. The average Bonchev–Trinajstić information content (AvgIpc) is 2.04. The number of hydrogen-bond acceptors (Lipinski definition) is 1. The Morgan fingerprint density at radius 3 is 2.23 bits per heavy atom. The molecule has 0 radical (unpaired) electrons. The Morgan fingerprint density at radius 1 is 1.15 bits per heavy atom. The number of hydrogen-bond donors (Lipinski definition) is 1. The zero-order valence-corrected chi connectivity index (χ0v) is 8.96. The summed E-state index contributed by atoms with van der Waals surface area (Å²) in [6.07, 6.45) is 6.27. The highest BCUT2D eigenvalue weighted by atomic mass is 14.4. The molecule has 0 bridgehead atoms. The topological polar surface area (TPSA) is 23.9 Å². The normalized spacial score (nSPS) is 22.8. The quantitative estimate of drug-likeness (QED) is 0.668. The molecule has 1 nitrogen and oxygen atoms in total. The van der Waals surface area contributed by atoms with Crippen molar-refractivity contribution in [2.75, 3.05) is 0 Å². The lowest BCUT2D eigenvalue weighted by atomic mass is 9.83. The zero-order chi connectivity index (χ0) is 10.0. The van der Waals surface area contributed by atoms with Crippen molar-refractivity contribution in [3.63, 3.8) is 0 Å². The number of allylic oxidation sites excluding steroid dienone is 4. The predicted molar refractivity (Wildman–Crippen MR) is 58.1 cm³/mol. The maximum absolute atomic E-state index is 7.78. The summed E-state index contributed by atoms with van der Waals surface area (Å²) in [6.45, 7) is 8.74. The largest absolute Gasteiger partial charge is 0.305 e. The second kappa shape index (κ2) is 3.91. The molecule has 1 aliphatic rings. The molecule has 1 heteroatoms. The Bertz CT molecular complexity index is 256. The van der Waals surface area contributed by atoms with Gasteiger partial charge in [-0.25, -0.2) is 0 Å². The van der Waals surface area contributed by atoms with Gasteiger partial charge in [-0.15, -0.1) is 0 Å². The van der Waals surface area contributed by atoms with Gasteiger partial charge in [-0.05, 0) is 23.5 Å². The summed E-state index contributed by atoms with van der Waals surface area (Å²) in [4.78, 5) is 0. The van der Waals surface area contributed by atoms with Crippen molar-refractivity contribution < 1.29 is 0 Å². The first-order valence-electron chi connectivity index (χ1n) is 5.00. The summed E-state index contributed by atoms with van der Waals surface area (Å²) in [5.74, 6) is 1.43. The minimum absolute atomic E-state index is 0.322. The summed E-state index contributed by atoms with van der Waals surface area (Å²) < 4.78 is 0. The van der Waals surface area contributed by atoms with Crippen LogP contribution in [-0.2, 0) is 0 Å². The molecule has 0 fully saturated rings. The van der Waals surface area contributed by atoms with Gasteiger partial charge >= 0.3 is 0 Å². The fourth-order valence-electron chi connectivity index (χ4n) is 1.59. The van der Waals surface area contributed by atoms with Crippen LogP contribution in [0.2, 0.25) is 0 Å². The molecule has 1 rings (SSSR count). The van der Waals surface area contributed by atoms with Crippen molar-refractivity contribution in [3.05, 3.63) is 23.8 Å². The van der Waals surface area contributed by atoms with Crippen LogP contribution >= 0.6 is 0 Å². The van der Waals surface area contributed by atoms with Crippen molar-refractivity contribution >= 4 is 5.71 Å². The molecule has 72 valence electrons. The summed E-state index contributed by atoms with van der Waals surface area (Å²) in [7, 11) is 0. The van der Waals surface area contributed by atoms with Crippen LogP contribution in [0.25, 0.3) is 0 Å². The van der Waals surface area contributed by atoms with E-state index in [9.17, 15) is 0 Å². The second-order valence-electron chi connectivity index (χ2n) is 4.38. The molecule has 1 unspecified atom stereocenters. The van der Waals surface area contributed by atoms with E-state index in [0.717, 1.165) is 5.71 Å². The van der Waals surface area contributed by atoms with Crippen LogP contribution in [0.4, 0.5) is 0 Å². The van der Waals surface area contributed by atoms with Crippen LogP contribution in [0.15, 0.2) is 23.8 Å². The molecule has 0 saturated heterocycles. The average molecular weight is 177 g/mol. The van der Waals surface area contributed by atoms with Crippen LogP contribution in [0.5, 0.6) is 0 Å². The van der Waals surface area contributed by atoms with Crippen molar-refractivity contribution in [1.82, 2.24) is 0 Å². The summed E-state index contributed by atoms with van der Waals surface area (Å²) in [5, 5.41) is 7.78. The van der Waals surface area contributed by atoms with Gasteiger partial charge in [0.2, 0.25) is 0 Å². The summed E-state index contributed by atoms with van der Waals surface area (Å²) in [6, 6.07) is 0. The van der Waals surface area contributed by atoms with Gasteiger partial charge in [0, 0.05) is 11.6 Å². The van der Waals surface area contributed by atoms with Crippen molar-refractivity contribution in [3.8, 4) is 0 Å². The highest BCUT2D eigenvalue weighted by molar-refractivity contribution is 5.97. The Kier molecular flexibility index (Phi) is 3.07. The maximum atomic E-state index is 7.78. The highest BCUT2D eigenvalue weighted by Gasteiger charge is 2.18. The third kappa shape index (κ3) is 2.30. The van der Waals surface area contributed by atoms with Gasteiger partial charge < -0.3 is 5.41 Å². The van der Waals surface area contributed by atoms with Crippen LogP contribution in [0.1, 0.15) is 27.7 Å². The standard InChI is InChI=1S/C12H19N/c1-8(2)10-5-6-12(13)11(7-10)9(3)4/h5-9,11,13H,1-4H3. The van der Waals surface area contributed by atoms with E-state index >= 15 is 0 Å². The van der Waals surface area contributed by atoms with E-state index in [1.165, 1.54) is 5.57 Å². The lowest BCUT2D eigenvalue weighted by Crippen LogP contribution is -2.19. The molecule has 13 heavy (non-hydrogen) atoms. The number of nitrogens with one attached hydrogen (secondary N) is 1. The van der Waals surface area contributed by atoms with Crippen LogP contribution < -0.4 is 0 Å². The van der Waals surface area contributed by atoms with E-state index in [4.69, 9.17) is 5.41 Å². The number of rotatable bonds is 2. The molecule has 1 atom stereocenters. The van der Waals surface area contributed by atoms with Crippen molar-refractivity contribution in [2.24, 2.45) is 17.8 Å². The highest BCUT2D eigenvalue weighted by Crippen LogP contribution is 2.24. The van der Waals surface area contributed by atoms with Gasteiger partial charge in [-0.1, -0.05) is 39.8 Å². The molecule has 0 aromatic carbocycles. The molecule has 0 aromatic rings. The van der Waals surface area contributed by atoms with Crippen molar-refractivity contribution in [1.29, 1.82) is 5.41 Å². The summed E-state index contributed by atoms with van der Waals surface area (Å²) >= 11 is 0. The minimum Gasteiger partial charge on any atom is -0.305 e. The molecule has 0 amide bonds. The molecule has 0 saturated carbocycles. The smallest absolute Gasteiger partial charge is 0.0385 e. The second-order valence-corrected chi connectivity index (χ2v) is 4.38. The lowest BCUT2D eigenvalue weighted by molar-refractivity contribution is 0.567. The Morgan fingerprint density at radius 2 is 1.77 bits per heavy atom. The van der Waals surface area contributed by atoms with Crippen LogP contribution in [-0.4, -0.2) is 5.71 Å². The van der Waals surface area contributed by atoms with Gasteiger partial charge in [-0.3, -0.25) is 0 Å². The molecule has 1 aliphatic carbocycles. The van der Waals surface area contributed by atoms with Crippen LogP contribution in [0.3, 0.4) is 0 Å². The van der Waals surface area contributed by atoms with Gasteiger partial charge in [0.05, 0.1) is 0 Å². The fourth-order valence-corrected chi connectivity index (χ4v) is 1.59. The third-order valence-electron chi connectivity index (χ3n) is 2.57. The lowest BCUT2D eigenvalue weighted by Gasteiger charge is -2.22. The van der Waals surface area contributed by atoms with Gasteiger partial charge in [0.15, 0.2) is 0 Å². The fraction of sp³-hybridized carbons (Fsp3) is 0.583.